The molecule has 0 aliphatic rings. The van der Waals surface area contributed by atoms with Gasteiger partial charge in [-0.05, 0) is 73.7 Å². The average molecular weight is 526 g/mol. The molecule has 4 aromatic carbocycles. The second-order valence-electron chi connectivity index (χ2n) is 9.43. The SMILES string of the molecule is C[Si](C)(C)OC(c1ccc(Cl)cc1)C(F)(F)[P+](c1ccccc1)(c1ccccc1)c1ccccc1. The molecular weight excluding hydrogens is 497 g/mol. The number of alkyl halides is 2. The van der Waals surface area contributed by atoms with Crippen molar-refractivity contribution in [3.8, 4) is 0 Å². The van der Waals surface area contributed by atoms with E-state index in [2.05, 4.69) is 0 Å². The largest absolute Gasteiger partial charge is 0.402 e. The first kappa shape index (κ1) is 25.7. The van der Waals surface area contributed by atoms with Crippen LogP contribution in [0.1, 0.15) is 11.7 Å². The van der Waals surface area contributed by atoms with E-state index in [1.54, 1.807) is 24.3 Å². The molecule has 0 saturated heterocycles. The van der Waals surface area contributed by atoms with Gasteiger partial charge in [0, 0.05) is 5.02 Å². The predicted molar refractivity (Wildman–Crippen MR) is 149 cm³/mol. The lowest BCUT2D eigenvalue weighted by Gasteiger charge is -2.40. The summed E-state index contributed by atoms with van der Waals surface area (Å²) in [4.78, 5) is 0. The quantitative estimate of drug-likeness (QED) is 0.168. The van der Waals surface area contributed by atoms with Gasteiger partial charge in [0.15, 0.2) is 21.7 Å². The first-order valence-corrected chi connectivity index (χ1v) is 17.1. The summed E-state index contributed by atoms with van der Waals surface area (Å²) < 4.78 is 41.8. The van der Waals surface area contributed by atoms with E-state index in [1.807, 2.05) is 111 Å². The Balaban J connectivity index is 2.09. The summed E-state index contributed by atoms with van der Waals surface area (Å²) in [6.07, 6.45) is -1.44. The number of hydrogen-bond donors (Lipinski definition) is 0. The van der Waals surface area contributed by atoms with Gasteiger partial charge in [0.05, 0.1) is 0 Å². The molecule has 0 amide bonds. The third kappa shape index (κ3) is 5.12. The molecule has 1 atom stereocenters. The smallest absolute Gasteiger partial charge is 0.395 e. The molecule has 4 aromatic rings. The van der Waals surface area contributed by atoms with Crippen molar-refractivity contribution in [2.24, 2.45) is 0 Å². The molecule has 35 heavy (non-hydrogen) atoms. The van der Waals surface area contributed by atoms with E-state index in [-0.39, 0.29) is 0 Å². The van der Waals surface area contributed by atoms with Crippen LogP contribution in [0.2, 0.25) is 24.7 Å². The highest BCUT2D eigenvalue weighted by Gasteiger charge is 2.70. The third-order valence-electron chi connectivity index (χ3n) is 5.84. The summed E-state index contributed by atoms with van der Waals surface area (Å²) in [6.45, 7) is 5.83. The van der Waals surface area contributed by atoms with Crippen LogP contribution in [-0.4, -0.2) is 14.0 Å². The Labute approximate surface area is 213 Å². The molecule has 0 fully saturated rings. The Morgan fingerprint density at radius 3 is 1.37 bits per heavy atom. The molecule has 0 aliphatic heterocycles. The van der Waals surface area contributed by atoms with Crippen LogP contribution < -0.4 is 15.9 Å². The van der Waals surface area contributed by atoms with Gasteiger partial charge in [-0.1, -0.05) is 78.3 Å². The van der Waals surface area contributed by atoms with Gasteiger partial charge in [0.25, 0.3) is 0 Å². The summed E-state index contributed by atoms with van der Waals surface area (Å²) in [5.74, 6) is 0. The van der Waals surface area contributed by atoms with Crippen LogP contribution in [-0.2, 0) is 4.43 Å². The van der Waals surface area contributed by atoms with E-state index in [4.69, 9.17) is 16.0 Å². The van der Waals surface area contributed by atoms with Crippen molar-refractivity contribution >= 4 is 43.1 Å². The van der Waals surface area contributed by atoms with Crippen LogP contribution in [0.5, 0.6) is 0 Å². The number of hydrogen-bond acceptors (Lipinski definition) is 1. The van der Waals surface area contributed by atoms with Crippen molar-refractivity contribution in [3.63, 3.8) is 0 Å². The van der Waals surface area contributed by atoms with E-state index < -0.39 is 27.3 Å². The summed E-state index contributed by atoms with van der Waals surface area (Å²) in [6, 6.07) is 34.2. The molecule has 0 saturated carbocycles. The van der Waals surface area contributed by atoms with Crippen molar-refractivity contribution in [2.75, 3.05) is 0 Å². The van der Waals surface area contributed by atoms with E-state index >= 15 is 8.78 Å². The monoisotopic (exact) mass is 525 g/mol. The van der Waals surface area contributed by atoms with Crippen LogP contribution >= 0.6 is 18.9 Å². The fraction of sp³-hybridized carbons (Fsp3) is 0.172. The van der Waals surface area contributed by atoms with Gasteiger partial charge in [0.1, 0.15) is 15.9 Å². The molecule has 0 spiro atoms. The number of benzene rings is 4. The average Bonchev–Trinajstić information content (AvgIpc) is 2.85. The van der Waals surface area contributed by atoms with Crippen molar-refractivity contribution in [3.05, 3.63) is 126 Å². The van der Waals surface area contributed by atoms with Crippen LogP contribution in [0.3, 0.4) is 0 Å². The van der Waals surface area contributed by atoms with Crippen LogP contribution in [0.25, 0.3) is 0 Å². The lowest BCUT2D eigenvalue weighted by molar-refractivity contribution is -0.0304. The zero-order chi connectivity index (χ0) is 25.1. The van der Waals surface area contributed by atoms with Crippen molar-refractivity contribution in [2.45, 2.75) is 31.4 Å². The van der Waals surface area contributed by atoms with E-state index in [9.17, 15) is 0 Å². The molecule has 0 heterocycles. The van der Waals surface area contributed by atoms with Gasteiger partial charge >= 0.3 is 5.66 Å². The fourth-order valence-corrected chi connectivity index (χ4v) is 9.98. The second kappa shape index (κ2) is 10.3. The Bertz CT molecular complexity index is 1130. The molecule has 0 radical (unpaired) electrons. The van der Waals surface area contributed by atoms with E-state index in [0.29, 0.717) is 26.5 Å². The maximum atomic E-state index is 17.7. The standard InChI is InChI=1S/C29H29ClF2OPSi/c1-35(2,3)33-28(23-19-21-24(30)22-20-23)29(31,32)34(25-13-7-4-8-14-25,26-15-9-5-10-16-26)27-17-11-6-12-18-27/h4-22,28H,1-3H3/q+1. The predicted octanol–water partition coefficient (Wildman–Crippen LogP) is 7.82. The van der Waals surface area contributed by atoms with E-state index in [1.165, 1.54) is 0 Å². The van der Waals surface area contributed by atoms with Crippen molar-refractivity contribution in [1.82, 2.24) is 0 Å². The zero-order valence-corrected chi connectivity index (χ0v) is 22.7. The third-order valence-corrected chi connectivity index (χ3v) is 11.4. The molecule has 0 aromatic heterocycles. The summed E-state index contributed by atoms with van der Waals surface area (Å²) in [5.41, 5.74) is -2.85. The minimum Gasteiger partial charge on any atom is -0.402 e. The number of halogens is 3. The molecule has 0 N–H and O–H groups in total. The van der Waals surface area contributed by atoms with Crippen molar-refractivity contribution < 1.29 is 13.2 Å². The normalized spacial score (nSPS) is 13.4. The maximum absolute atomic E-state index is 17.7. The molecule has 0 aliphatic carbocycles. The topological polar surface area (TPSA) is 9.23 Å². The molecule has 6 heteroatoms. The maximum Gasteiger partial charge on any atom is 0.395 e. The molecule has 1 unspecified atom stereocenters. The molecule has 4 rings (SSSR count). The Morgan fingerprint density at radius 1 is 0.657 bits per heavy atom. The van der Waals surface area contributed by atoms with Gasteiger partial charge in [-0.2, -0.15) is 8.78 Å². The molecular formula is C29H29ClF2OPSi+. The summed E-state index contributed by atoms with van der Waals surface area (Å²) in [5, 5.41) is 2.33. The van der Waals surface area contributed by atoms with Crippen LogP contribution in [0.4, 0.5) is 8.78 Å². The Hall–Kier alpha value is -2.36. The lowest BCUT2D eigenvalue weighted by atomic mass is 10.1. The Kier molecular flexibility index (Phi) is 7.59. The lowest BCUT2D eigenvalue weighted by Crippen LogP contribution is -2.48. The van der Waals surface area contributed by atoms with Crippen LogP contribution in [0, 0.1) is 0 Å². The molecule has 0 bridgehead atoms. The highest BCUT2D eigenvalue weighted by atomic mass is 35.5. The van der Waals surface area contributed by atoms with Gasteiger partial charge in [-0.25, -0.2) is 0 Å². The van der Waals surface area contributed by atoms with Gasteiger partial charge in [-0.15, -0.1) is 0 Å². The highest BCUT2D eigenvalue weighted by molar-refractivity contribution is 7.96. The van der Waals surface area contributed by atoms with Gasteiger partial charge in [-0.3, -0.25) is 0 Å². The minimum atomic E-state index is -3.54. The Morgan fingerprint density at radius 2 is 1.03 bits per heavy atom. The van der Waals surface area contributed by atoms with Gasteiger partial charge in [0.2, 0.25) is 0 Å². The summed E-state index contributed by atoms with van der Waals surface area (Å²) >= 11 is 6.13. The molecule has 180 valence electrons. The van der Waals surface area contributed by atoms with Crippen LogP contribution in [0.15, 0.2) is 115 Å². The second-order valence-corrected chi connectivity index (χ2v) is 17.8. The first-order valence-electron chi connectivity index (χ1n) is 11.5. The summed E-state index contributed by atoms with van der Waals surface area (Å²) in [7, 11) is -5.95. The minimum absolute atomic E-state index is 0.425. The molecule has 1 nitrogen and oxygen atoms in total. The number of rotatable bonds is 8. The van der Waals surface area contributed by atoms with Crippen molar-refractivity contribution in [1.29, 1.82) is 0 Å². The van der Waals surface area contributed by atoms with Gasteiger partial charge < -0.3 is 4.43 Å². The van der Waals surface area contributed by atoms with E-state index in [0.717, 1.165) is 0 Å². The highest BCUT2D eigenvalue weighted by Crippen LogP contribution is 2.71. The zero-order valence-electron chi connectivity index (χ0n) is 20.0. The fourth-order valence-electron chi connectivity index (χ4n) is 4.42. The first-order chi connectivity index (χ1) is 16.7.